The van der Waals surface area contributed by atoms with Gasteiger partial charge in [0.05, 0.1) is 46.8 Å². The maximum Gasteiger partial charge on any atom is 0.0924 e. The van der Waals surface area contributed by atoms with Crippen molar-refractivity contribution in [2.24, 2.45) is 71.0 Å². The molecule has 2 heterocycles. The first-order valence-electron chi connectivity index (χ1n) is 38.4. The molecule has 16 atom stereocenters. The summed E-state index contributed by atoms with van der Waals surface area (Å²) in [7, 11) is 0. The van der Waals surface area contributed by atoms with Gasteiger partial charge >= 0.3 is 0 Å². The molecule has 508 valence electrons. The van der Waals surface area contributed by atoms with Crippen LogP contribution >= 0.6 is 0 Å². The van der Waals surface area contributed by atoms with Crippen molar-refractivity contribution in [2.45, 2.75) is 442 Å². The summed E-state index contributed by atoms with van der Waals surface area (Å²) in [4.78, 5) is 0. The second kappa shape index (κ2) is 43.6. The third-order valence-corrected chi connectivity index (χ3v) is 22.3. The third-order valence-electron chi connectivity index (χ3n) is 22.3. The quantitative estimate of drug-likeness (QED) is 0.0635. The highest BCUT2D eigenvalue weighted by molar-refractivity contribution is 5.02. The second-order valence-electron chi connectivity index (χ2n) is 34.2. The summed E-state index contributed by atoms with van der Waals surface area (Å²) < 4.78 is 22.9. The molecule has 2 fully saturated rings. The van der Waals surface area contributed by atoms with Crippen molar-refractivity contribution < 1.29 is 24.4 Å². The van der Waals surface area contributed by atoms with Crippen LogP contribution in [0.15, 0.2) is 0 Å². The predicted octanol–water partition coefficient (Wildman–Crippen LogP) is 24.9. The van der Waals surface area contributed by atoms with E-state index in [2.05, 4.69) is 138 Å². The van der Waals surface area contributed by atoms with Gasteiger partial charge in [-0.3, -0.25) is 0 Å². The molecule has 85 heavy (non-hydrogen) atoms. The summed E-state index contributed by atoms with van der Waals surface area (Å²) in [5.41, 5.74) is -2.58. The molecule has 0 bridgehead atoms. The average molecular weight is 1200 g/mol. The van der Waals surface area contributed by atoms with Crippen molar-refractivity contribution in [3.63, 3.8) is 0 Å². The molecule has 0 saturated carbocycles. The highest BCUT2D eigenvalue weighted by Crippen LogP contribution is 2.47. The van der Waals surface area contributed by atoms with E-state index in [9.17, 15) is 10.2 Å². The first kappa shape index (κ1) is 80.9. The van der Waals surface area contributed by atoms with Crippen molar-refractivity contribution in [3.05, 3.63) is 0 Å². The van der Waals surface area contributed by atoms with Crippen LogP contribution in [0.3, 0.4) is 0 Å². The van der Waals surface area contributed by atoms with Crippen LogP contribution in [-0.2, 0) is 14.2 Å². The van der Waals surface area contributed by atoms with E-state index in [0.717, 1.165) is 124 Å². The molecule has 2 N–H and O–H groups in total. The number of hydrogen-bond donors (Lipinski definition) is 2. The van der Waals surface area contributed by atoms with E-state index in [1.165, 1.54) is 180 Å². The van der Waals surface area contributed by atoms with Crippen LogP contribution in [0.25, 0.3) is 0 Å². The Hall–Kier alpha value is -0.200. The summed E-state index contributed by atoms with van der Waals surface area (Å²) in [6.45, 7) is 47.7. The Bertz CT molecular complexity index is 1590. The number of aliphatic hydroxyl groups excluding tert-OH is 1. The monoisotopic (exact) mass is 1200 g/mol. The van der Waals surface area contributed by atoms with Gasteiger partial charge in [0.15, 0.2) is 0 Å². The first-order chi connectivity index (χ1) is 40.0. The van der Waals surface area contributed by atoms with Gasteiger partial charge in [-0.2, -0.15) is 0 Å². The van der Waals surface area contributed by atoms with Gasteiger partial charge in [0.2, 0.25) is 0 Å². The molecule has 2 aliphatic rings. The van der Waals surface area contributed by atoms with Crippen LogP contribution in [0, 0.1) is 71.0 Å². The van der Waals surface area contributed by atoms with Crippen molar-refractivity contribution in [1.29, 1.82) is 0 Å². The molecule has 0 aromatic rings. The van der Waals surface area contributed by atoms with Crippen LogP contribution in [0.5, 0.6) is 0 Å². The lowest BCUT2D eigenvalue weighted by molar-refractivity contribution is -0.283. The lowest BCUT2D eigenvalue weighted by Crippen LogP contribution is -2.60. The SMILES string of the molecule is CC(C)CCC[C@@H](C)CCC[C@@H](C)CCC[C@](C)(O)[C@H]1CC[C@H]([C@@](C)(CCC[C@H](C)CCC[C@H](C)CCCC(C)C)O[C@@](C)(CCC[C@H](C)CCC[C@H](C)CCCC(C)C)[C@@H]2CC[C@@H](O)[C@](C)(CCC[C@H](C)CCC[C@H](C)CCCC(C)C)O2)O1. The van der Waals surface area contributed by atoms with E-state index in [1.54, 1.807) is 0 Å². The minimum absolute atomic E-state index is 0.0988. The molecule has 2 rings (SSSR count). The third kappa shape index (κ3) is 36.0. The standard InChI is InChI=1S/C80H158O5/c1-61(2)33-21-37-65(9)41-25-45-69(13)49-29-57-77(17,82)74-55-56-75(83-74)79(19,59-31-51-71(15)47-27-43-67(11)39-23-35-63(5)6)85-80(20,60-32-52-72(16)48-28-44-68(12)40-24-36-64(7)8)76-54-53-73(81)78(18,84-76)58-30-50-70(14)46-26-42-66(10)38-22-34-62(3)4/h61-76,81-82H,21-60H2,1-20H3/t65-,66-,67-,68-,69-,70-,71-,72-,73-,74-,75-,76+,77+,78+,79-,80+/m1/s1. The van der Waals surface area contributed by atoms with Crippen LogP contribution in [0.4, 0.5) is 0 Å². The Kier molecular flexibility index (Phi) is 41.5. The lowest BCUT2D eigenvalue weighted by atomic mass is 9.78. The highest BCUT2D eigenvalue weighted by atomic mass is 16.6. The van der Waals surface area contributed by atoms with Crippen LogP contribution < -0.4 is 0 Å². The van der Waals surface area contributed by atoms with Gasteiger partial charge in [-0.25, -0.2) is 0 Å². The summed E-state index contributed by atoms with van der Waals surface area (Å²) in [5, 5.41) is 24.3. The van der Waals surface area contributed by atoms with Crippen molar-refractivity contribution >= 4 is 0 Å². The van der Waals surface area contributed by atoms with Gasteiger partial charge in [0, 0.05) is 0 Å². The Labute approximate surface area is 534 Å². The number of ether oxygens (including phenoxy) is 3. The number of rotatable bonds is 53. The molecule has 0 radical (unpaired) electrons. The van der Waals surface area contributed by atoms with E-state index < -0.39 is 28.5 Å². The molecule has 0 amide bonds. The maximum atomic E-state index is 12.4. The first-order valence-corrected chi connectivity index (χ1v) is 38.4. The zero-order valence-corrected chi connectivity index (χ0v) is 61.6. The molecule has 5 heteroatoms. The Balaban J connectivity index is 2.35. The normalized spacial score (nSPS) is 24.8. The van der Waals surface area contributed by atoms with E-state index in [1.807, 2.05) is 0 Å². The molecule has 5 nitrogen and oxygen atoms in total. The van der Waals surface area contributed by atoms with Crippen LogP contribution in [0.2, 0.25) is 0 Å². The summed E-state index contributed by atoms with van der Waals surface area (Å²) in [6, 6.07) is 0. The molecule has 0 aromatic heterocycles. The fourth-order valence-corrected chi connectivity index (χ4v) is 15.7. The molecule has 2 saturated heterocycles. The average Bonchev–Trinajstić information content (AvgIpc) is 2.07. The van der Waals surface area contributed by atoms with Gasteiger partial charge in [-0.1, -0.05) is 316 Å². The largest absolute Gasteiger partial charge is 0.390 e. The fourth-order valence-electron chi connectivity index (χ4n) is 15.7. The topological polar surface area (TPSA) is 68.2 Å². The molecule has 2 aliphatic heterocycles. The van der Waals surface area contributed by atoms with Gasteiger partial charge in [-0.05, 0) is 150 Å². The minimum Gasteiger partial charge on any atom is -0.390 e. The number of hydrogen-bond acceptors (Lipinski definition) is 5. The maximum absolute atomic E-state index is 12.4. The fraction of sp³-hybridized carbons (Fsp3) is 1.00. The summed E-state index contributed by atoms with van der Waals surface area (Å²) in [5.74, 6) is 9.22. The van der Waals surface area contributed by atoms with Gasteiger partial charge in [0.25, 0.3) is 0 Å². The Morgan fingerprint density at radius 1 is 0.353 bits per heavy atom. The molecule has 0 unspecified atom stereocenters. The predicted molar refractivity (Wildman–Crippen MR) is 374 cm³/mol. The van der Waals surface area contributed by atoms with E-state index in [4.69, 9.17) is 14.2 Å². The highest BCUT2D eigenvalue weighted by Gasteiger charge is 2.53. The number of aliphatic hydroxyl groups is 2. The van der Waals surface area contributed by atoms with Crippen molar-refractivity contribution in [2.75, 3.05) is 0 Å². The Morgan fingerprint density at radius 3 is 0.941 bits per heavy atom. The second-order valence-corrected chi connectivity index (χ2v) is 34.2. The van der Waals surface area contributed by atoms with Crippen LogP contribution in [-0.4, -0.2) is 57.0 Å². The van der Waals surface area contributed by atoms with Gasteiger partial charge in [0.1, 0.15) is 0 Å². The lowest BCUT2D eigenvalue weighted by Gasteiger charge is -2.52. The summed E-state index contributed by atoms with van der Waals surface area (Å²) >= 11 is 0. The molecule has 0 spiro atoms. The molecule has 0 aromatic carbocycles. The van der Waals surface area contributed by atoms with Gasteiger partial charge < -0.3 is 24.4 Å². The molecular weight excluding hydrogens is 1040 g/mol. The van der Waals surface area contributed by atoms with Crippen LogP contribution in [0.1, 0.15) is 395 Å². The summed E-state index contributed by atoms with van der Waals surface area (Å²) in [6.07, 6.45) is 47.3. The van der Waals surface area contributed by atoms with E-state index in [0.29, 0.717) is 23.7 Å². The smallest absolute Gasteiger partial charge is 0.0924 e. The van der Waals surface area contributed by atoms with Crippen molar-refractivity contribution in [3.8, 4) is 0 Å². The molecular formula is C80H158O5. The Morgan fingerprint density at radius 2 is 0.612 bits per heavy atom. The van der Waals surface area contributed by atoms with Crippen molar-refractivity contribution in [1.82, 2.24) is 0 Å². The van der Waals surface area contributed by atoms with E-state index >= 15 is 0 Å². The zero-order chi connectivity index (χ0) is 63.6. The molecule has 0 aliphatic carbocycles. The zero-order valence-electron chi connectivity index (χ0n) is 61.6. The van der Waals surface area contributed by atoms with E-state index in [-0.39, 0.29) is 18.3 Å². The van der Waals surface area contributed by atoms with Gasteiger partial charge in [-0.15, -0.1) is 0 Å². The minimum atomic E-state index is -0.875.